The van der Waals surface area contributed by atoms with Crippen LogP contribution in [0, 0.1) is 6.92 Å². The first-order valence-electron chi connectivity index (χ1n) is 5.78. The van der Waals surface area contributed by atoms with Crippen LogP contribution in [0.5, 0.6) is 11.5 Å². The number of nitrogens with zero attached hydrogens (tertiary/aromatic N) is 1. The van der Waals surface area contributed by atoms with Gasteiger partial charge >= 0.3 is 0 Å². The van der Waals surface area contributed by atoms with Crippen molar-refractivity contribution in [2.75, 3.05) is 6.54 Å². The minimum atomic E-state index is 0.574. The van der Waals surface area contributed by atoms with Gasteiger partial charge in [0.25, 0.3) is 0 Å². The molecule has 0 fully saturated rings. The summed E-state index contributed by atoms with van der Waals surface area (Å²) < 4.78 is 5.80. The van der Waals surface area contributed by atoms with E-state index in [1.807, 2.05) is 31.2 Å². The van der Waals surface area contributed by atoms with Crippen molar-refractivity contribution in [3.63, 3.8) is 0 Å². The van der Waals surface area contributed by atoms with E-state index in [0.717, 1.165) is 23.4 Å². The monoisotopic (exact) mass is 262 g/mol. The number of halogens is 1. The van der Waals surface area contributed by atoms with Gasteiger partial charge in [0.2, 0.25) is 0 Å². The van der Waals surface area contributed by atoms with E-state index in [-0.39, 0.29) is 0 Å². The molecule has 2 aromatic rings. The number of aryl methyl sites for hydroxylation is 1. The van der Waals surface area contributed by atoms with Crippen LogP contribution in [0.15, 0.2) is 36.5 Å². The quantitative estimate of drug-likeness (QED) is 0.919. The zero-order valence-corrected chi connectivity index (χ0v) is 10.9. The van der Waals surface area contributed by atoms with E-state index < -0.39 is 0 Å². The predicted octanol–water partition coefficient (Wildman–Crippen LogP) is 3.34. The summed E-state index contributed by atoms with van der Waals surface area (Å²) in [7, 11) is 0. The summed E-state index contributed by atoms with van der Waals surface area (Å²) in [4.78, 5) is 4.19. The van der Waals surface area contributed by atoms with Crippen molar-refractivity contribution in [2.24, 2.45) is 5.73 Å². The molecule has 1 aromatic carbocycles. The van der Waals surface area contributed by atoms with E-state index in [1.54, 1.807) is 12.3 Å². The first-order chi connectivity index (χ1) is 8.69. The van der Waals surface area contributed by atoms with Crippen LogP contribution < -0.4 is 10.5 Å². The second kappa shape index (κ2) is 5.85. The van der Waals surface area contributed by atoms with Crippen molar-refractivity contribution in [3.05, 3.63) is 52.8 Å². The van der Waals surface area contributed by atoms with Crippen LogP contribution in [0.4, 0.5) is 0 Å². The Bertz CT molecular complexity index is 526. The number of benzene rings is 1. The number of nitrogens with two attached hydrogens (primary N) is 1. The number of rotatable bonds is 4. The molecule has 0 saturated carbocycles. The Balaban J connectivity index is 2.26. The Labute approximate surface area is 112 Å². The molecule has 3 nitrogen and oxygen atoms in total. The van der Waals surface area contributed by atoms with Gasteiger partial charge in [0, 0.05) is 10.7 Å². The standard InChI is InChI=1S/C14H15ClN2O/c1-10-2-5-13(9-17-10)18-14-8-12(15)4-3-11(14)6-7-16/h2-5,8-9H,6-7,16H2,1H3. The predicted molar refractivity (Wildman–Crippen MR) is 73.3 cm³/mol. The lowest BCUT2D eigenvalue weighted by Crippen LogP contribution is -2.04. The molecule has 0 bridgehead atoms. The van der Waals surface area contributed by atoms with Crippen LogP contribution in [-0.2, 0) is 6.42 Å². The zero-order chi connectivity index (χ0) is 13.0. The second-order valence-electron chi connectivity index (χ2n) is 4.03. The highest BCUT2D eigenvalue weighted by Gasteiger charge is 2.06. The molecule has 2 N–H and O–H groups in total. The van der Waals surface area contributed by atoms with Crippen molar-refractivity contribution >= 4 is 11.6 Å². The Morgan fingerprint density at radius 2 is 2.11 bits per heavy atom. The molecule has 94 valence electrons. The summed E-state index contributed by atoms with van der Waals surface area (Å²) >= 11 is 5.98. The molecule has 1 aromatic heterocycles. The maximum Gasteiger partial charge on any atom is 0.145 e. The molecule has 0 spiro atoms. The maximum atomic E-state index is 5.98. The minimum absolute atomic E-state index is 0.574. The van der Waals surface area contributed by atoms with E-state index in [9.17, 15) is 0 Å². The fraction of sp³-hybridized carbons (Fsp3) is 0.214. The van der Waals surface area contributed by atoms with Gasteiger partial charge < -0.3 is 10.5 Å². The lowest BCUT2D eigenvalue weighted by molar-refractivity contribution is 0.473. The fourth-order valence-corrected chi connectivity index (χ4v) is 1.79. The van der Waals surface area contributed by atoms with Crippen molar-refractivity contribution in [1.29, 1.82) is 0 Å². The molecule has 0 aliphatic heterocycles. The Hall–Kier alpha value is -1.58. The third-order valence-electron chi connectivity index (χ3n) is 2.55. The highest BCUT2D eigenvalue weighted by molar-refractivity contribution is 6.30. The Morgan fingerprint density at radius 3 is 2.78 bits per heavy atom. The van der Waals surface area contributed by atoms with E-state index in [4.69, 9.17) is 22.1 Å². The van der Waals surface area contributed by atoms with Crippen LogP contribution >= 0.6 is 11.6 Å². The molecule has 1 heterocycles. The summed E-state index contributed by atoms with van der Waals surface area (Å²) in [5, 5.41) is 0.644. The SMILES string of the molecule is Cc1ccc(Oc2cc(Cl)ccc2CCN)cn1. The van der Waals surface area contributed by atoms with Gasteiger partial charge in [-0.25, -0.2) is 0 Å². The molecule has 0 saturated heterocycles. The fourth-order valence-electron chi connectivity index (χ4n) is 1.63. The van der Waals surface area contributed by atoms with Crippen LogP contribution in [0.25, 0.3) is 0 Å². The average molecular weight is 263 g/mol. The third-order valence-corrected chi connectivity index (χ3v) is 2.79. The second-order valence-corrected chi connectivity index (χ2v) is 4.46. The van der Waals surface area contributed by atoms with Crippen LogP contribution in [0.3, 0.4) is 0 Å². The number of hydrogen-bond acceptors (Lipinski definition) is 3. The third kappa shape index (κ3) is 3.22. The average Bonchev–Trinajstić information content (AvgIpc) is 2.36. The van der Waals surface area contributed by atoms with Crippen molar-refractivity contribution < 1.29 is 4.74 Å². The van der Waals surface area contributed by atoms with Crippen LogP contribution in [0.1, 0.15) is 11.3 Å². The van der Waals surface area contributed by atoms with E-state index in [2.05, 4.69) is 4.98 Å². The lowest BCUT2D eigenvalue weighted by atomic mass is 10.1. The van der Waals surface area contributed by atoms with Gasteiger partial charge in [-0.2, -0.15) is 0 Å². The van der Waals surface area contributed by atoms with Gasteiger partial charge in [-0.3, -0.25) is 4.98 Å². The Morgan fingerprint density at radius 1 is 1.28 bits per heavy atom. The van der Waals surface area contributed by atoms with Crippen molar-refractivity contribution in [3.8, 4) is 11.5 Å². The van der Waals surface area contributed by atoms with Gasteiger partial charge in [-0.15, -0.1) is 0 Å². The molecule has 18 heavy (non-hydrogen) atoms. The molecule has 0 aliphatic carbocycles. The van der Waals surface area contributed by atoms with Gasteiger partial charge in [0.1, 0.15) is 11.5 Å². The van der Waals surface area contributed by atoms with E-state index in [0.29, 0.717) is 17.3 Å². The number of pyridine rings is 1. The molecule has 0 atom stereocenters. The number of aromatic nitrogens is 1. The molecule has 0 amide bonds. The van der Waals surface area contributed by atoms with Gasteiger partial charge in [-0.05, 0) is 49.7 Å². The highest BCUT2D eigenvalue weighted by atomic mass is 35.5. The van der Waals surface area contributed by atoms with Crippen LogP contribution in [-0.4, -0.2) is 11.5 Å². The topological polar surface area (TPSA) is 48.1 Å². The molecule has 0 unspecified atom stereocenters. The highest BCUT2D eigenvalue weighted by Crippen LogP contribution is 2.28. The number of ether oxygens (including phenoxy) is 1. The van der Waals surface area contributed by atoms with Crippen LogP contribution in [0.2, 0.25) is 5.02 Å². The summed E-state index contributed by atoms with van der Waals surface area (Å²) in [5.74, 6) is 1.43. The van der Waals surface area contributed by atoms with Gasteiger partial charge in [0.05, 0.1) is 6.20 Å². The molecule has 4 heteroatoms. The molecule has 0 aliphatic rings. The largest absolute Gasteiger partial charge is 0.455 e. The number of hydrogen-bond donors (Lipinski definition) is 1. The van der Waals surface area contributed by atoms with Gasteiger partial charge in [-0.1, -0.05) is 17.7 Å². The summed E-state index contributed by atoms with van der Waals surface area (Å²) in [6.45, 7) is 2.51. The van der Waals surface area contributed by atoms with E-state index in [1.165, 1.54) is 0 Å². The molecule has 0 radical (unpaired) electrons. The zero-order valence-electron chi connectivity index (χ0n) is 10.2. The maximum absolute atomic E-state index is 5.98. The molecule has 2 rings (SSSR count). The van der Waals surface area contributed by atoms with Crippen molar-refractivity contribution in [1.82, 2.24) is 4.98 Å². The first kappa shape index (κ1) is 12.9. The van der Waals surface area contributed by atoms with Crippen molar-refractivity contribution in [2.45, 2.75) is 13.3 Å². The lowest BCUT2D eigenvalue weighted by Gasteiger charge is -2.11. The smallest absolute Gasteiger partial charge is 0.145 e. The summed E-state index contributed by atoms with van der Waals surface area (Å²) in [5.41, 5.74) is 7.58. The van der Waals surface area contributed by atoms with Gasteiger partial charge in [0.15, 0.2) is 0 Å². The molecular weight excluding hydrogens is 248 g/mol. The summed E-state index contributed by atoms with van der Waals surface area (Å²) in [6, 6.07) is 9.36. The normalized spacial score (nSPS) is 10.4. The first-order valence-corrected chi connectivity index (χ1v) is 6.16. The minimum Gasteiger partial charge on any atom is -0.455 e. The van der Waals surface area contributed by atoms with E-state index >= 15 is 0 Å². The summed E-state index contributed by atoms with van der Waals surface area (Å²) in [6.07, 6.45) is 2.45. The molecular formula is C14H15ClN2O. The Kier molecular flexibility index (Phi) is 4.18.